The fraction of sp³-hybridized carbons (Fsp3) is 0.100. The SMILES string of the molecule is OCc1ccc(-c2cnn3c(NCc4ccc(F)cc4)ccnc23)cc1. The number of benzene rings is 2. The van der Waals surface area contributed by atoms with Crippen LogP contribution in [0.4, 0.5) is 10.2 Å². The standard InChI is InChI=1S/C20H17FN4O/c21-17-7-3-14(4-8-17)11-23-19-9-10-22-20-18(12-24-25(19)20)16-5-1-15(13-26)2-6-16/h1-10,12,23,26H,11,13H2. The Balaban J connectivity index is 1.62. The van der Waals surface area contributed by atoms with Crippen LogP contribution in [0.2, 0.25) is 0 Å². The zero-order valence-electron chi connectivity index (χ0n) is 13.9. The minimum atomic E-state index is -0.246. The molecule has 6 heteroatoms. The molecule has 0 saturated heterocycles. The Bertz CT molecular complexity index is 1030. The lowest BCUT2D eigenvalue weighted by molar-refractivity contribution is 0.282. The second-order valence-corrected chi connectivity index (χ2v) is 5.96. The first-order valence-electron chi connectivity index (χ1n) is 8.26. The second-order valence-electron chi connectivity index (χ2n) is 5.96. The average Bonchev–Trinajstić information content (AvgIpc) is 3.12. The summed E-state index contributed by atoms with van der Waals surface area (Å²) in [6, 6.07) is 15.9. The highest BCUT2D eigenvalue weighted by molar-refractivity contribution is 5.78. The van der Waals surface area contributed by atoms with Crippen LogP contribution in [-0.4, -0.2) is 19.7 Å². The minimum absolute atomic E-state index is 0.0186. The van der Waals surface area contributed by atoms with E-state index in [9.17, 15) is 9.50 Å². The molecule has 0 amide bonds. The third-order valence-electron chi connectivity index (χ3n) is 4.24. The summed E-state index contributed by atoms with van der Waals surface area (Å²) >= 11 is 0. The molecule has 5 nitrogen and oxygen atoms in total. The van der Waals surface area contributed by atoms with Crippen molar-refractivity contribution in [3.05, 3.63) is 83.9 Å². The normalized spacial score (nSPS) is 11.0. The Morgan fingerprint density at radius 3 is 2.42 bits per heavy atom. The molecule has 0 radical (unpaired) electrons. The minimum Gasteiger partial charge on any atom is -0.392 e. The van der Waals surface area contributed by atoms with E-state index in [4.69, 9.17) is 0 Å². The van der Waals surface area contributed by atoms with Gasteiger partial charge in [-0.1, -0.05) is 36.4 Å². The third kappa shape index (κ3) is 3.14. The Hall–Kier alpha value is -3.25. The van der Waals surface area contributed by atoms with Crippen molar-refractivity contribution in [3.63, 3.8) is 0 Å². The number of hydrogen-bond acceptors (Lipinski definition) is 4. The molecule has 0 aliphatic rings. The van der Waals surface area contributed by atoms with E-state index in [1.54, 1.807) is 29.0 Å². The Morgan fingerprint density at radius 1 is 0.962 bits per heavy atom. The van der Waals surface area contributed by atoms with E-state index in [1.807, 2.05) is 30.3 Å². The number of hydrogen-bond donors (Lipinski definition) is 2. The van der Waals surface area contributed by atoms with E-state index in [1.165, 1.54) is 12.1 Å². The molecule has 130 valence electrons. The molecular weight excluding hydrogens is 331 g/mol. The van der Waals surface area contributed by atoms with E-state index in [0.717, 1.165) is 33.7 Å². The molecule has 0 saturated carbocycles. The maximum Gasteiger partial charge on any atom is 0.165 e. The summed E-state index contributed by atoms with van der Waals surface area (Å²) in [5.41, 5.74) is 4.48. The van der Waals surface area contributed by atoms with Gasteiger partial charge in [0.05, 0.1) is 12.8 Å². The van der Waals surface area contributed by atoms with E-state index in [2.05, 4.69) is 15.4 Å². The Kier molecular flexibility index (Phi) is 4.33. The number of halogens is 1. The van der Waals surface area contributed by atoms with Gasteiger partial charge in [0.1, 0.15) is 11.6 Å². The van der Waals surface area contributed by atoms with Crippen molar-refractivity contribution in [2.45, 2.75) is 13.2 Å². The predicted molar refractivity (Wildman–Crippen MR) is 98.1 cm³/mol. The maximum atomic E-state index is 13.0. The van der Waals surface area contributed by atoms with Crippen LogP contribution in [0.3, 0.4) is 0 Å². The van der Waals surface area contributed by atoms with Crippen LogP contribution < -0.4 is 5.32 Å². The summed E-state index contributed by atoms with van der Waals surface area (Å²) in [6.45, 7) is 0.574. The summed E-state index contributed by atoms with van der Waals surface area (Å²) in [5.74, 6) is 0.557. The molecule has 2 aromatic carbocycles. The number of aliphatic hydroxyl groups is 1. The summed E-state index contributed by atoms with van der Waals surface area (Å²) in [4.78, 5) is 4.45. The van der Waals surface area contributed by atoms with Crippen molar-refractivity contribution in [3.8, 4) is 11.1 Å². The van der Waals surface area contributed by atoms with Crippen LogP contribution in [0.15, 0.2) is 67.0 Å². The number of nitrogens with zero attached hydrogens (tertiary/aromatic N) is 3. The van der Waals surface area contributed by atoms with Gasteiger partial charge in [-0.2, -0.15) is 9.61 Å². The average molecular weight is 348 g/mol. The zero-order valence-corrected chi connectivity index (χ0v) is 13.9. The van der Waals surface area contributed by atoms with Crippen molar-refractivity contribution >= 4 is 11.5 Å². The van der Waals surface area contributed by atoms with Gasteiger partial charge in [-0.3, -0.25) is 0 Å². The predicted octanol–water partition coefficient (Wildman–Crippen LogP) is 3.64. The Labute approximate surface area is 149 Å². The highest BCUT2D eigenvalue weighted by Crippen LogP contribution is 2.25. The summed E-state index contributed by atoms with van der Waals surface area (Å²) in [7, 11) is 0. The van der Waals surface area contributed by atoms with Gasteiger partial charge < -0.3 is 10.4 Å². The first-order chi connectivity index (χ1) is 12.7. The first kappa shape index (κ1) is 16.2. The Morgan fingerprint density at radius 2 is 1.69 bits per heavy atom. The van der Waals surface area contributed by atoms with Crippen molar-refractivity contribution < 1.29 is 9.50 Å². The summed E-state index contributed by atoms with van der Waals surface area (Å²) in [6.07, 6.45) is 3.51. The smallest absolute Gasteiger partial charge is 0.165 e. The quantitative estimate of drug-likeness (QED) is 0.578. The summed E-state index contributed by atoms with van der Waals surface area (Å²) < 4.78 is 14.8. The molecule has 0 bridgehead atoms. The molecule has 0 fully saturated rings. The van der Waals surface area contributed by atoms with Gasteiger partial charge in [0, 0.05) is 18.3 Å². The number of aromatic nitrogens is 3. The van der Waals surface area contributed by atoms with Crippen molar-refractivity contribution in [2.75, 3.05) is 5.32 Å². The van der Waals surface area contributed by atoms with Crippen LogP contribution in [-0.2, 0) is 13.2 Å². The fourth-order valence-electron chi connectivity index (χ4n) is 2.81. The maximum absolute atomic E-state index is 13.0. The number of fused-ring (bicyclic) bond motifs is 1. The van der Waals surface area contributed by atoms with Gasteiger partial charge >= 0.3 is 0 Å². The number of rotatable bonds is 5. The molecule has 2 aromatic heterocycles. The molecular formula is C20H17FN4O. The van der Waals surface area contributed by atoms with E-state index in [-0.39, 0.29) is 12.4 Å². The van der Waals surface area contributed by atoms with Crippen molar-refractivity contribution in [1.29, 1.82) is 0 Å². The van der Waals surface area contributed by atoms with E-state index in [0.29, 0.717) is 6.54 Å². The molecule has 2 N–H and O–H groups in total. The molecule has 2 heterocycles. The highest BCUT2D eigenvalue weighted by Gasteiger charge is 2.10. The van der Waals surface area contributed by atoms with Crippen LogP contribution in [0, 0.1) is 5.82 Å². The van der Waals surface area contributed by atoms with Gasteiger partial charge in [-0.15, -0.1) is 0 Å². The lowest BCUT2D eigenvalue weighted by atomic mass is 10.1. The fourth-order valence-corrected chi connectivity index (χ4v) is 2.81. The van der Waals surface area contributed by atoms with Gasteiger partial charge in [0.15, 0.2) is 5.65 Å². The van der Waals surface area contributed by atoms with Crippen molar-refractivity contribution in [1.82, 2.24) is 14.6 Å². The van der Waals surface area contributed by atoms with Crippen LogP contribution in [0.1, 0.15) is 11.1 Å². The van der Waals surface area contributed by atoms with Crippen LogP contribution in [0.5, 0.6) is 0 Å². The van der Waals surface area contributed by atoms with Gasteiger partial charge in [0.25, 0.3) is 0 Å². The molecule has 4 rings (SSSR count). The van der Waals surface area contributed by atoms with Gasteiger partial charge in [0.2, 0.25) is 0 Å². The highest BCUT2D eigenvalue weighted by atomic mass is 19.1. The molecule has 0 aliphatic carbocycles. The zero-order chi connectivity index (χ0) is 17.9. The number of aliphatic hydroxyl groups excluding tert-OH is 1. The van der Waals surface area contributed by atoms with E-state index < -0.39 is 0 Å². The van der Waals surface area contributed by atoms with E-state index >= 15 is 0 Å². The lowest BCUT2D eigenvalue weighted by Gasteiger charge is -2.08. The largest absolute Gasteiger partial charge is 0.392 e. The van der Waals surface area contributed by atoms with Gasteiger partial charge in [-0.05, 0) is 34.9 Å². The lowest BCUT2D eigenvalue weighted by Crippen LogP contribution is -2.05. The molecule has 0 unspecified atom stereocenters. The monoisotopic (exact) mass is 348 g/mol. The van der Waals surface area contributed by atoms with Crippen molar-refractivity contribution in [2.24, 2.45) is 0 Å². The van der Waals surface area contributed by atoms with Crippen LogP contribution >= 0.6 is 0 Å². The second kappa shape index (κ2) is 6.93. The molecule has 0 spiro atoms. The van der Waals surface area contributed by atoms with Gasteiger partial charge in [-0.25, -0.2) is 9.37 Å². The summed E-state index contributed by atoms with van der Waals surface area (Å²) in [5, 5.41) is 16.9. The molecule has 0 atom stereocenters. The first-order valence-corrected chi connectivity index (χ1v) is 8.26. The molecule has 4 aromatic rings. The number of nitrogens with one attached hydrogen (secondary N) is 1. The number of anilines is 1. The third-order valence-corrected chi connectivity index (χ3v) is 4.24. The molecule has 0 aliphatic heterocycles. The van der Waals surface area contributed by atoms with Crippen LogP contribution in [0.25, 0.3) is 16.8 Å². The topological polar surface area (TPSA) is 62.5 Å². The molecule has 26 heavy (non-hydrogen) atoms.